The van der Waals surface area contributed by atoms with E-state index in [4.69, 9.17) is 9.84 Å². The first-order chi connectivity index (χ1) is 9.18. The van der Waals surface area contributed by atoms with Crippen LogP contribution >= 0.6 is 0 Å². The number of aliphatic hydroxyl groups is 2. The Morgan fingerprint density at radius 3 is 2.50 bits per heavy atom. The Kier molecular flexibility index (Phi) is 5.53. The van der Waals surface area contributed by atoms with Crippen molar-refractivity contribution in [1.82, 2.24) is 0 Å². The largest absolute Gasteiger partial charge is 0.396 e. The van der Waals surface area contributed by atoms with E-state index in [0.717, 1.165) is 19.3 Å². The van der Waals surface area contributed by atoms with Crippen molar-refractivity contribution in [1.29, 1.82) is 0 Å². The van der Waals surface area contributed by atoms with Crippen LogP contribution in [0.2, 0.25) is 0 Å². The summed E-state index contributed by atoms with van der Waals surface area (Å²) in [5, 5.41) is 20.1. The number of rotatable bonds is 6. The van der Waals surface area contributed by atoms with Gasteiger partial charge in [0.05, 0.1) is 5.60 Å². The molecule has 0 aromatic heterocycles. The molecule has 4 heteroatoms. The van der Waals surface area contributed by atoms with Crippen LogP contribution in [0.4, 0.5) is 0 Å². The van der Waals surface area contributed by atoms with Gasteiger partial charge in [0.1, 0.15) is 5.60 Å². The Hall–Kier alpha value is -0.710. The average Bonchev–Trinajstić information content (AvgIpc) is 2.34. The minimum atomic E-state index is -1.20. The van der Waals surface area contributed by atoms with Gasteiger partial charge in [0.25, 0.3) is 0 Å². The third-order valence-electron chi connectivity index (χ3n) is 4.58. The molecule has 116 valence electrons. The third-order valence-corrected chi connectivity index (χ3v) is 4.58. The third kappa shape index (κ3) is 3.30. The zero-order valence-electron chi connectivity index (χ0n) is 13.1. The number of ketones is 1. The van der Waals surface area contributed by atoms with E-state index >= 15 is 0 Å². The van der Waals surface area contributed by atoms with Gasteiger partial charge in [-0.15, -0.1) is 0 Å². The maximum Gasteiger partial charge on any atom is 0.152 e. The van der Waals surface area contributed by atoms with Crippen LogP contribution in [0, 0.1) is 5.41 Å². The van der Waals surface area contributed by atoms with E-state index < -0.39 is 11.2 Å². The second-order valence-corrected chi connectivity index (χ2v) is 6.60. The summed E-state index contributed by atoms with van der Waals surface area (Å²) >= 11 is 0. The summed E-state index contributed by atoms with van der Waals surface area (Å²) in [6.07, 6.45) is 6.17. The summed E-state index contributed by atoms with van der Waals surface area (Å²) in [6.45, 7) is 7.85. The molecule has 1 rings (SSSR count). The first-order valence-corrected chi connectivity index (χ1v) is 7.35. The van der Waals surface area contributed by atoms with Crippen molar-refractivity contribution in [3.8, 4) is 0 Å². The first kappa shape index (κ1) is 17.3. The number of hydrogen-bond acceptors (Lipinski definition) is 4. The van der Waals surface area contributed by atoms with Crippen molar-refractivity contribution in [3.05, 3.63) is 12.2 Å². The molecule has 0 heterocycles. The predicted octanol–water partition coefficient (Wildman–Crippen LogP) is 2.23. The van der Waals surface area contributed by atoms with Crippen molar-refractivity contribution in [2.24, 2.45) is 5.41 Å². The van der Waals surface area contributed by atoms with Crippen LogP contribution in [0.3, 0.4) is 0 Å². The molecule has 0 amide bonds. The van der Waals surface area contributed by atoms with Crippen molar-refractivity contribution < 1.29 is 19.7 Å². The molecular weight excluding hydrogens is 256 g/mol. The van der Waals surface area contributed by atoms with Crippen LogP contribution in [0.1, 0.15) is 53.4 Å². The Morgan fingerprint density at radius 1 is 1.30 bits per heavy atom. The second-order valence-electron chi connectivity index (χ2n) is 6.60. The molecule has 0 radical (unpaired) electrons. The Labute approximate surface area is 121 Å². The molecule has 1 fully saturated rings. The van der Waals surface area contributed by atoms with Gasteiger partial charge >= 0.3 is 0 Å². The molecule has 4 nitrogen and oxygen atoms in total. The summed E-state index contributed by atoms with van der Waals surface area (Å²) < 4.78 is 5.92. The van der Waals surface area contributed by atoms with Crippen molar-refractivity contribution in [2.45, 2.75) is 64.6 Å². The highest BCUT2D eigenvalue weighted by Crippen LogP contribution is 2.51. The normalized spacial score (nSPS) is 33.5. The number of allylic oxidation sites excluding steroid dienone is 1. The van der Waals surface area contributed by atoms with Gasteiger partial charge in [-0.05, 0) is 57.1 Å². The summed E-state index contributed by atoms with van der Waals surface area (Å²) in [4.78, 5) is 11.2. The molecule has 0 aromatic rings. The lowest BCUT2D eigenvalue weighted by atomic mass is 9.58. The van der Waals surface area contributed by atoms with Crippen LogP contribution < -0.4 is 0 Å². The molecule has 0 saturated heterocycles. The van der Waals surface area contributed by atoms with Crippen LogP contribution in [-0.2, 0) is 9.53 Å². The Bertz CT molecular complexity index is 375. The number of carbonyl (C=O) groups excluding carboxylic acids is 1. The molecule has 0 aliphatic heterocycles. The molecule has 1 saturated carbocycles. The van der Waals surface area contributed by atoms with Crippen LogP contribution in [0.15, 0.2) is 12.2 Å². The summed E-state index contributed by atoms with van der Waals surface area (Å²) in [5.41, 5.74) is -2.31. The van der Waals surface area contributed by atoms with Gasteiger partial charge in [0.15, 0.2) is 5.78 Å². The topological polar surface area (TPSA) is 66.8 Å². The van der Waals surface area contributed by atoms with E-state index in [1.165, 1.54) is 13.0 Å². The number of hydrogen-bond donors (Lipinski definition) is 2. The van der Waals surface area contributed by atoms with E-state index in [0.29, 0.717) is 13.0 Å². The Morgan fingerprint density at radius 2 is 1.95 bits per heavy atom. The monoisotopic (exact) mass is 284 g/mol. The SMILES string of the molecule is CC(=O)/C=C/C1(O)C(C)(C)CCCC1(C)OCCCO. The fourth-order valence-electron chi connectivity index (χ4n) is 3.15. The zero-order valence-corrected chi connectivity index (χ0v) is 13.1. The van der Waals surface area contributed by atoms with E-state index in [1.54, 1.807) is 6.08 Å². The van der Waals surface area contributed by atoms with Gasteiger partial charge in [0, 0.05) is 13.2 Å². The molecule has 2 unspecified atom stereocenters. The predicted molar refractivity (Wildman–Crippen MR) is 78.5 cm³/mol. The number of aliphatic hydroxyl groups excluding tert-OH is 1. The minimum Gasteiger partial charge on any atom is -0.396 e. The van der Waals surface area contributed by atoms with Crippen molar-refractivity contribution in [2.75, 3.05) is 13.2 Å². The number of carbonyl (C=O) groups is 1. The molecule has 2 atom stereocenters. The highest BCUT2D eigenvalue weighted by Gasteiger charge is 2.57. The molecular formula is C16H28O4. The van der Waals surface area contributed by atoms with Crippen LogP contribution in [0.5, 0.6) is 0 Å². The summed E-state index contributed by atoms with van der Waals surface area (Å²) in [5.74, 6) is -0.0856. The summed E-state index contributed by atoms with van der Waals surface area (Å²) in [7, 11) is 0. The highest BCUT2D eigenvalue weighted by molar-refractivity contribution is 5.87. The molecule has 0 spiro atoms. The standard InChI is InChI=1S/C16H28O4/c1-13(18)7-10-16(19)14(2,3)8-5-9-15(16,4)20-12-6-11-17/h7,10,17,19H,5-6,8-9,11-12H2,1-4H3/b10-7+. The van der Waals surface area contributed by atoms with Gasteiger partial charge in [-0.25, -0.2) is 0 Å². The molecule has 1 aliphatic rings. The highest BCUT2D eigenvalue weighted by atomic mass is 16.5. The lowest BCUT2D eigenvalue weighted by molar-refractivity contribution is -0.220. The summed E-state index contributed by atoms with van der Waals surface area (Å²) in [6, 6.07) is 0. The first-order valence-electron chi connectivity index (χ1n) is 7.35. The van der Waals surface area contributed by atoms with Crippen LogP contribution in [-0.4, -0.2) is 40.4 Å². The quantitative estimate of drug-likeness (QED) is 0.580. The van der Waals surface area contributed by atoms with Gasteiger partial charge < -0.3 is 14.9 Å². The molecule has 0 aromatic carbocycles. The molecule has 0 bridgehead atoms. The fraction of sp³-hybridized carbons (Fsp3) is 0.812. The van der Waals surface area contributed by atoms with Gasteiger partial charge in [-0.1, -0.05) is 13.8 Å². The van der Waals surface area contributed by atoms with E-state index in [-0.39, 0.29) is 17.8 Å². The van der Waals surface area contributed by atoms with Crippen LogP contribution in [0.25, 0.3) is 0 Å². The molecule has 2 N–H and O–H groups in total. The zero-order chi connectivity index (χ0) is 15.4. The Balaban J connectivity index is 3.07. The maximum atomic E-state index is 11.2. The fourth-order valence-corrected chi connectivity index (χ4v) is 3.15. The van der Waals surface area contributed by atoms with Gasteiger partial charge in [-0.2, -0.15) is 0 Å². The lowest BCUT2D eigenvalue weighted by Crippen LogP contribution is -2.63. The van der Waals surface area contributed by atoms with Crippen molar-refractivity contribution >= 4 is 5.78 Å². The van der Waals surface area contributed by atoms with E-state index in [9.17, 15) is 9.90 Å². The molecule has 20 heavy (non-hydrogen) atoms. The lowest BCUT2D eigenvalue weighted by Gasteiger charge is -2.55. The maximum absolute atomic E-state index is 11.2. The van der Waals surface area contributed by atoms with E-state index in [1.807, 2.05) is 20.8 Å². The van der Waals surface area contributed by atoms with Gasteiger partial charge in [-0.3, -0.25) is 4.79 Å². The second kappa shape index (κ2) is 6.37. The van der Waals surface area contributed by atoms with Gasteiger partial charge in [0.2, 0.25) is 0 Å². The van der Waals surface area contributed by atoms with Crippen molar-refractivity contribution in [3.63, 3.8) is 0 Å². The minimum absolute atomic E-state index is 0.0706. The molecule has 1 aliphatic carbocycles. The smallest absolute Gasteiger partial charge is 0.152 e. The van der Waals surface area contributed by atoms with E-state index in [2.05, 4.69) is 0 Å². The average molecular weight is 284 g/mol. The number of ether oxygens (including phenoxy) is 1.